The van der Waals surface area contributed by atoms with Crippen LogP contribution in [0.1, 0.15) is 39.5 Å². The van der Waals surface area contributed by atoms with E-state index in [1.807, 2.05) is 0 Å². The third kappa shape index (κ3) is 10.3. The molecule has 0 radical (unpaired) electrons. The number of unbranched alkanes of at least 4 members (excludes halogenated alkanes) is 1. The summed E-state index contributed by atoms with van der Waals surface area (Å²) < 4.78 is 10.9. The molecule has 1 fully saturated rings. The largest absolute Gasteiger partial charge is 0.379 e. The quantitative estimate of drug-likeness (QED) is 0.273. The maximum absolute atomic E-state index is 5.99. The minimum Gasteiger partial charge on any atom is -0.379 e. The number of hydrogen-bond acceptors (Lipinski definition) is 3. The summed E-state index contributed by atoms with van der Waals surface area (Å²) in [6.45, 7) is 9.90. The van der Waals surface area contributed by atoms with E-state index in [4.69, 9.17) is 15.2 Å². The number of aliphatic imine (C=N–C) groups is 1. The fraction of sp³-hybridized carbons (Fsp3) is 0.933. The van der Waals surface area contributed by atoms with Gasteiger partial charge >= 0.3 is 0 Å². The molecule has 0 bridgehead atoms. The van der Waals surface area contributed by atoms with Crippen LogP contribution in [-0.2, 0) is 9.47 Å². The van der Waals surface area contributed by atoms with Gasteiger partial charge in [-0.15, -0.1) is 24.0 Å². The monoisotopic (exact) mass is 413 g/mol. The highest BCUT2D eigenvalue weighted by molar-refractivity contribution is 14.0. The number of halogens is 1. The van der Waals surface area contributed by atoms with Crippen molar-refractivity contribution < 1.29 is 9.47 Å². The lowest BCUT2D eigenvalue weighted by atomic mass is 10.00. The zero-order valence-corrected chi connectivity index (χ0v) is 15.9. The van der Waals surface area contributed by atoms with E-state index in [1.165, 1.54) is 19.3 Å². The molecular weight excluding hydrogens is 381 g/mol. The molecule has 1 aliphatic heterocycles. The van der Waals surface area contributed by atoms with E-state index in [9.17, 15) is 0 Å². The standard InChI is InChI=1S/C15H31N3O2.HI/c1-3-4-10-19-12-13-20-11-7-17-15(16)18-8-5-14(2)6-9-18;/h14H,3-13H2,1-2H3,(H2,16,17);1H. The number of nitrogens with two attached hydrogens (primary N) is 1. The molecule has 0 aliphatic carbocycles. The summed E-state index contributed by atoms with van der Waals surface area (Å²) in [6, 6.07) is 0. The van der Waals surface area contributed by atoms with Gasteiger partial charge in [-0.2, -0.15) is 0 Å². The lowest BCUT2D eigenvalue weighted by Gasteiger charge is -2.31. The van der Waals surface area contributed by atoms with Gasteiger partial charge < -0.3 is 20.1 Å². The van der Waals surface area contributed by atoms with Crippen LogP contribution in [-0.4, -0.2) is 56.9 Å². The van der Waals surface area contributed by atoms with Gasteiger partial charge in [0.05, 0.1) is 26.4 Å². The molecule has 1 aliphatic rings. The molecule has 0 saturated carbocycles. The van der Waals surface area contributed by atoms with E-state index in [0.29, 0.717) is 32.3 Å². The van der Waals surface area contributed by atoms with Gasteiger partial charge in [0.15, 0.2) is 5.96 Å². The topological polar surface area (TPSA) is 60.1 Å². The number of rotatable bonds is 9. The van der Waals surface area contributed by atoms with Crippen LogP contribution in [0.3, 0.4) is 0 Å². The van der Waals surface area contributed by atoms with Gasteiger partial charge in [-0.3, -0.25) is 4.99 Å². The Labute approximate surface area is 146 Å². The first-order valence-corrected chi connectivity index (χ1v) is 7.94. The zero-order chi connectivity index (χ0) is 14.6. The van der Waals surface area contributed by atoms with Gasteiger partial charge in [0.1, 0.15) is 0 Å². The molecule has 1 saturated heterocycles. The van der Waals surface area contributed by atoms with E-state index in [0.717, 1.165) is 32.0 Å². The number of ether oxygens (including phenoxy) is 2. The second kappa shape index (κ2) is 13.6. The molecule has 126 valence electrons. The number of piperidine rings is 1. The van der Waals surface area contributed by atoms with Crippen LogP contribution < -0.4 is 5.73 Å². The van der Waals surface area contributed by atoms with Crippen molar-refractivity contribution in [3.8, 4) is 0 Å². The average molecular weight is 413 g/mol. The van der Waals surface area contributed by atoms with Crippen LogP contribution in [0.25, 0.3) is 0 Å². The summed E-state index contributed by atoms with van der Waals surface area (Å²) in [7, 11) is 0. The van der Waals surface area contributed by atoms with Crippen LogP contribution in [0, 0.1) is 5.92 Å². The molecule has 6 heteroatoms. The normalized spacial score (nSPS) is 16.9. The van der Waals surface area contributed by atoms with E-state index in [-0.39, 0.29) is 24.0 Å². The van der Waals surface area contributed by atoms with Gasteiger partial charge in [-0.1, -0.05) is 20.3 Å². The Balaban J connectivity index is 0.00000400. The highest BCUT2D eigenvalue weighted by atomic mass is 127. The summed E-state index contributed by atoms with van der Waals surface area (Å²) >= 11 is 0. The molecule has 0 aromatic heterocycles. The Morgan fingerprint density at radius 2 is 1.76 bits per heavy atom. The first kappa shape index (κ1) is 20.9. The van der Waals surface area contributed by atoms with Crippen molar-refractivity contribution in [3.05, 3.63) is 0 Å². The Morgan fingerprint density at radius 1 is 1.14 bits per heavy atom. The molecule has 0 amide bonds. The molecule has 1 rings (SSSR count). The smallest absolute Gasteiger partial charge is 0.191 e. The highest BCUT2D eigenvalue weighted by Crippen LogP contribution is 2.15. The van der Waals surface area contributed by atoms with Crippen molar-refractivity contribution in [1.29, 1.82) is 0 Å². The Kier molecular flexibility index (Phi) is 13.5. The van der Waals surface area contributed by atoms with Gasteiger partial charge in [0.2, 0.25) is 0 Å². The van der Waals surface area contributed by atoms with E-state index >= 15 is 0 Å². The second-order valence-corrected chi connectivity index (χ2v) is 5.49. The minimum absolute atomic E-state index is 0. The summed E-state index contributed by atoms with van der Waals surface area (Å²) in [5.41, 5.74) is 5.99. The lowest BCUT2D eigenvalue weighted by Crippen LogP contribution is -2.42. The van der Waals surface area contributed by atoms with Crippen molar-refractivity contribution in [3.63, 3.8) is 0 Å². The van der Waals surface area contributed by atoms with Gasteiger partial charge in [0, 0.05) is 19.7 Å². The molecule has 0 spiro atoms. The first-order valence-electron chi connectivity index (χ1n) is 7.94. The third-order valence-electron chi connectivity index (χ3n) is 3.63. The van der Waals surface area contributed by atoms with Gasteiger partial charge in [0.25, 0.3) is 0 Å². The maximum Gasteiger partial charge on any atom is 0.191 e. The van der Waals surface area contributed by atoms with Gasteiger partial charge in [-0.25, -0.2) is 0 Å². The predicted molar refractivity (Wildman–Crippen MR) is 98.4 cm³/mol. The summed E-state index contributed by atoms with van der Waals surface area (Å²) in [6.07, 6.45) is 4.71. The first-order chi connectivity index (χ1) is 9.74. The highest BCUT2D eigenvalue weighted by Gasteiger charge is 2.16. The third-order valence-corrected chi connectivity index (χ3v) is 3.63. The van der Waals surface area contributed by atoms with E-state index in [2.05, 4.69) is 23.7 Å². The molecule has 1 heterocycles. The fourth-order valence-electron chi connectivity index (χ4n) is 2.13. The zero-order valence-electron chi connectivity index (χ0n) is 13.6. The van der Waals surface area contributed by atoms with Crippen LogP contribution in [0.5, 0.6) is 0 Å². The van der Waals surface area contributed by atoms with E-state index < -0.39 is 0 Å². The molecule has 0 aromatic carbocycles. The summed E-state index contributed by atoms with van der Waals surface area (Å²) in [5.74, 6) is 1.48. The fourth-order valence-corrected chi connectivity index (χ4v) is 2.13. The van der Waals surface area contributed by atoms with Crippen molar-refractivity contribution >= 4 is 29.9 Å². The van der Waals surface area contributed by atoms with Crippen molar-refractivity contribution in [2.75, 3.05) is 46.1 Å². The van der Waals surface area contributed by atoms with E-state index in [1.54, 1.807) is 0 Å². The van der Waals surface area contributed by atoms with Gasteiger partial charge in [-0.05, 0) is 25.2 Å². The van der Waals surface area contributed by atoms with Crippen molar-refractivity contribution in [2.24, 2.45) is 16.6 Å². The number of hydrogen-bond donors (Lipinski definition) is 1. The number of guanidine groups is 1. The van der Waals surface area contributed by atoms with Crippen molar-refractivity contribution in [2.45, 2.75) is 39.5 Å². The molecule has 2 N–H and O–H groups in total. The molecule has 0 aromatic rings. The number of nitrogens with zero attached hydrogens (tertiary/aromatic N) is 2. The van der Waals surface area contributed by atoms with Crippen LogP contribution in [0.2, 0.25) is 0 Å². The van der Waals surface area contributed by atoms with Crippen LogP contribution >= 0.6 is 24.0 Å². The molecule has 5 nitrogen and oxygen atoms in total. The molecule has 0 atom stereocenters. The SMILES string of the molecule is CCCCOCCOCCN=C(N)N1CCC(C)CC1.I. The van der Waals surface area contributed by atoms with Crippen LogP contribution in [0.4, 0.5) is 0 Å². The van der Waals surface area contributed by atoms with Crippen molar-refractivity contribution in [1.82, 2.24) is 4.90 Å². The Morgan fingerprint density at radius 3 is 2.38 bits per heavy atom. The molecule has 21 heavy (non-hydrogen) atoms. The average Bonchev–Trinajstić information content (AvgIpc) is 2.46. The number of likely N-dealkylation sites (tertiary alicyclic amines) is 1. The summed E-state index contributed by atoms with van der Waals surface area (Å²) in [5, 5.41) is 0. The second-order valence-electron chi connectivity index (χ2n) is 5.49. The summed E-state index contributed by atoms with van der Waals surface area (Å²) in [4.78, 5) is 6.55. The minimum atomic E-state index is 0. The molecular formula is C15H32IN3O2. The predicted octanol–water partition coefficient (Wildman–Crippen LogP) is 2.48. The Bertz CT molecular complexity index is 270. The molecule has 0 unspecified atom stereocenters. The Hall–Kier alpha value is -0.0800. The maximum atomic E-state index is 5.99. The van der Waals surface area contributed by atoms with Crippen LogP contribution in [0.15, 0.2) is 4.99 Å². The lowest BCUT2D eigenvalue weighted by molar-refractivity contribution is 0.0497.